The second-order valence-corrected chi connectivity index (χ2v) is 36.5. The van der Waals surface area contributed by atoms with Crippen molar-refractivity contribution in [1.82, 2.24) is 103 Å². The quantitative estimate of drug-likeness (QED) is 0.0152. The first-order valence-corrected chi connectivity index (χ1v) is 47.5. The summed E-state index contributed by atoms with van der Waals surface area (Å²) >= 11 is 0.770. The second-order valence-electron chi connectivity index (χ2n) is 35.5. The van der Waals surface area contributed by atoms with Crippen LogP contribution in [0.5, 0.6) is 0 Å². The number of thioether (sulfide) groups is 1. The summed E-state index contributed by atoms with van der Waals surface area (Å²) in [5.41, 5.74) is 20.7. The van der Waals surface area contributed by atoms with Crippen LogP contribution in [0.1, 0.15) is 152 Å². The summed E-state index contributed by atoms with van der Waals surface area (Å²) in [6.07, 6.45) is 5.61. The Morgan fingerprint density at radius 1 is 0.599 bits per heavy atom. The molecule has 1 unspecified atom stereocenters. The third kappa shape index (κ3) is 30.5. The number of hydrogen-bond donors (Lipinski definition) is 20. The molecule has 0 aliphatic carbocycles. The molecule has 6 heterocycles. The summed E-state index contributed by atoms with van der Waals surface area (Å²) in [7, 11) is 3.97. The van der Waals surface area contributed by atoms with Crippen molar-refractivity contribution in [1.29, 1.82) is 10.7 Å². The number of aryl methyl sites for hydroxylation is 1. The van der Waals surface area contributed by atoms with Crippen molar-refractivity contribution >= 4 is 134 Å². The number of likely N-dealkylation sites (N-methyl/N-ethyl adjacent to an activating group) is 3. The minimum Gasteiger partial charge on any atom is -0.394 e. The molecule has 137 heavy (non-hydrogen) atoms. The monoisotopic (exact) mass is 1920 g/mol. The van der Waals surface area contributed by atoms with Crippen molar-refractivity contribution in [2.24, 2.45) is 23.1 Å². The Balaban J connectivity index is 1.09. The van der Waals surface area contributed by atoms with Gasteiger partial charge in [0.2, 0.25) is 94.5 Å². The van der Waals surface area contributed by atoms with Crippen LogP contribution < -0.4 is 75.7 Å². The number of aliphatic hydroxyl groups is 2. The molecule has 3 aromatic carbocycles. The van der Waals surface area contributed by atoms with Crippen LogP contribution in [-0.2, 0) is 102 Å². The highest BCUT2D eigenvalue weighted by molar-refractivity contribution is 8.00. The van der Waals surface area contributed by atoms with Gasteiger partial charge in [0.15, 0.2) is 5.96 Å². The lowest BCUT2D eigenvalue weighted by Gasteiger charge is -2.36. The van der Waals surface area contributed by atoms with Gasteiger partial charge in [-0.1, -0.05) is 102 Å². The van der Waals surface area contributed by atoms with E-state index >= 15 is 33.6 Å². The molecule has 15 atom stereocenters. The van der Waals surface area contributed by atoms with Gasteiger partial charge in [0, 0.05) is 124 Å². The van der Waals surface area contributed by atoms with E-state index in [4.69, 9.17) is 22.6 Å². The molecular formula is C93H131N25O18S. The van der Waals surface area contributed by atoms with Crippen LogP contribution in [0.2, 0.25) is 0 Å². The summed E-state index contributed by atoms with van der Waals surface area (Å²) in [4.78, 5) is 255. The molecule has 0 saturated carbocycles. The lowest BCUT2D eigenvalue weighted by Crippen LogP contribution is -2.61. The summed E-state index contributed by atoms with van der Waals surface area (Å²) in [5, 5.41) is 71.9. The lowest BCUT2D eigenvalue weighted by molar-refractivity contribution is -0.149. The van der Waals surface area contributed by atoms with E-state index in [0.717, 1.165) is 38.0 Å². The number of carbonyl (C=O) groups excluding carboxylic acids is 16. The zero-order chi connectivity index (χ0) is 99.9. The fraction of sp³-hybridized carbons (Fsp3) is 0.538. The maximum Gasteiger partial charge on any atom is 0.246 e. The van der Waals surface area contributed by atoms with Crippen molar-refractivity contribution in [3.05, 3.63) is 126 Å². The number of nitriles is 1. The molecular weight excluding hydrogens is 1790 g/mol. The summed E-state index contributed by atoms with van der Waals surface area (Å²) < 4.78 is 0. The van der Waals surface area contributed by atoms with E-state index in [1.54, 1.807) is 36.7 Å². The fourth-order valence-corrected chi connectivity index (χ4v) is 18.0. The Hall–Kier alpha value is -13.5. The van der Waals surface area contributed by atoms with Crippen LogP contribution in [0.3, 0.4) is 0 Å². The predicted octanol–water partition coefficient (Wildman–Crippen LogP) is -1.90. The number of amides is 16. The molecule has 0 spiro atoms. The number of imidazole rings is 1. The number of para-hydroxylation sites is 2. The minimum absolute atomic E-state index is 0.00269. The first kappa shape index (κ1) is 107. The van der Waals surface area contributed by atoms with Gasteiger partial charge >= 0.3 is 0 Å². The number of aliphatic hydroxyl groups excluding tert-OH is 2. The summed E-state index contributed by atoms with van der Waals surface area (Å²) in [6.45, 7) is 6.40. The Bertz CT molecular complexity index is 5280. The number of nitrogens with zero attached hydrogens (tertiary/aromatic N) is 7. The minimum atomic E-state index is -1.76. The maximum atomic E-state index is 15.8. The van der Waals surface area contributed by atoms with Gasteiger partial charge in [-0.05, 0) is 118 Å². The maximum absolute atomic E-state index is 15.8. The molecule has 44 heteroatoms. The van der Waals surface area contributed by atoms with Crippen LogP contribution in [0, 0.1) is 22.7 Å². The number of benzene rings is 3. The molecule has 3 fully saturated rings. The summed E-state index contributed by atoms with van der Waals surface area (Å²) in [5.74, 6) is -15.9. The van der Waals surface area contributed by atoms with Crippen molar-refractivity contribution in [3.8, 4) is 6.07 Å². The van der Waals surface area contributed by atoms with Crippen LogP contribution in [0.25, 0.3) is 21.8 Å². The van der Waals surface area contributed by atoms with E-state index in [9.17, 15) is 58.6 Å². The zero-order valence-corrected chi connectivity index (χ0v) is 79.4. The highest BCUT2D eigenvalue weighted by atomic mass is 32.2. The number of nitrogens with two attached hydrogens (primary N) is 3. The first-order valence-electron chi connectivity index (χ1n) is 46.3. The van der Waals surface area contributed by atoms with E-state index in [-0.39, 0.29) is 121 Å². The number of aromatic amines is 3. The third-order valence-corrected chi connectivity index (χ3v) is 25.9. The average molecular weight is 1920 g/mol. The average Bonchev–Trinajstić information content (AvgIpc) is 1.68. The van der Waals surface area contributed by atoms with Crippen LogP contribution in [0.15, 0.2) is 97.7 Å². The SMILES string of the molecule is CCCC[C@H]1C(=O)N(C)[C@@H](CCCC)C(=O)N[C@@H](CCCNC(=N)N)C(=O)N[C@H](C(=O)NCC(N)=O)CSCC(=O)N[C@@H](Cc2ccc(C#N)cc2)C(=O)N(C)[C@@H](C)C(=O)N[C@@H](CC(N)=O)C(=O)N2CCC[C@H]2C(=O)N[C@@H](Cc2cnc[nH]2)C(=O)N[C@@H](CC(C)C)C(=O)N2C[C@H](O)CC2CN[C@@H](CCc2c[nH]c3ccccc23)C(=O)N[C@@H](CO)C(=O)N[C@@H](Cc2c[nH]c3ccccc23)C(=O)N1C. The van der Waals surface area contributed by atoms with Gasteiger partial charge in [-0.25, -0.2) is 4.98 Å². The predicted molar refractivity (Wildman–Crippen MR) is 507 cm³/mol. The molecule has 23 N–H and O–H groups in total. The lowest BCUT2D eigenvalue weighted by atomic mass is 10.00. The highest BCUT2D eigenvalue weighted by Gasteiger charge is 2.45. The largest absolute Gasteiger partial charge is 0.394 e. The zero-order valence-electron chi connectivity index (χ0n) is 78.6. The van der Waals surface area contributed by atoms with Crippen LogP contribution in [0.4, 0.5) is 0 Å². The number of aromatic nitrogens is 4. The Morgan fingerprint density at radius 3 is 1.82 bits per heavy atom. The number of primary amides is 2. The number of unbranched alkanes of at least 4 members (excludes halogenated alkanes) is 2. The molecule has 9 rings (SSSR count). The summed E-state index contributed by atoms with van der Waals surface area (Å²) in [6, 6.07) is 2.45. The smallest absolute Gasteiger partial charge is 0.246 e. The van der Waals surface area contributed by atoms with E-state index < -0.39 is 222 Å². The number of fused-ring (bicyclic) bond motifs is 4. The number of rotatable bonds is 27. The van der Waals surface area contributed by atoms with Crippen molar-refractivity contribution in [3.63, 3.8) is 0 Å². The molecule has 3 saturated heterocycles. The number of guanidine groups is 1. The van der Waals surface area contributed by atoms with Gasteiger partial charge in [0.25, 0.3) is 0 Å². The molecule has 43 nitrogen and oxygen atoms in total. The Labute approximate surface area is 798 Å². The van der Waals surface area contributed by atoms with Crippen LogP contribution >= 0.6 is 11.8 Å². The van der Waals surface area contributed by atoms with Crippen molar-refractivity contribution < 1.29 is 86.9 Å². The van der Waals surface area contributed by atoms with Gasteiger partial charge < -0.3 is 125 Å². The molecule has 6 aromatic rings. The molecule has 0 bridgehead atoms. The number of nitrogens with one attached hydrogen (secondary N) is 15. The number of hydrogen-bond acceptors (Lipinski definition) is 23. The van der Waals surface area contributed by atoms with Gasteiger partial charge in [0.1, 0.15) is 72.5 Å². The molecule has 3 aliphatic rings. The third-order valence-electron chi connectivity index (χ3n) is 24.8. The molecule has 3 aliphatic heterocycles. The molecule has 3 aromatic heterocycles. The van der Waals surface area contributed by atoms with Gasteiger partial charge in [-0.3, -0.25) is 82.1 Å². The van der Waals surface area contributed by atoms with Gasteiger partial charge in [-0.15, -0.1) is 11.8 Å². The molecule has 16 amide bonds. The fourth-order valence-electron chi connectivity index (χ4n) is 17.2. The van der Waals surface area contributed by atoms with Crippen LogP contribution in [-0.4, -0.2) is 318 Å². The second kappa shape index (κ2) is 52.0. The Kier molecular flexibility index (Phi) is 40.6. The molecule has 0 radical (unpaired) electrons. The number of carbonyl (C=O) groups is 16. The van der Waals surface area contributed by atoms with Gasteiger partial charge in [-0.2, -0.15) is 5.26 Å². The topological polar surface area (TPSA) is 648 Å². The van der Waals surface area contributed by atoms with Crippen molar-refractivity contribution in [2.45, 2.75) is 241 Å². The van der Waals surface area contributed by atoms with E-state index in [0.29, 0.717) is 53.4 Å². The van der Waals surface area contributed by atoms with Gasteiger partial charge in [0.05, 0.1) is 55.4 Å². The molecule has 742 valence electrons. The number of H-pyrrole nitrogens is 3. The Morgan fingerprint density at radius 2 is 1.18 bits per heavy atom. The van der Waals surface area contributed by atoms with E-state index in [2.05, 4.69) is 78.4 Å². The van der Waals surface area contributed by atoms with E-state index in [1.807, 2.05) is 58.0 Å². The first-order chi connectivity index (χ1) is 65.4. The highest BCUT2D eigenvalue weighted by Crippen LogP contribution is 2.28. The van der Waals surface area contributed by atoms with E-state index in [1.165, 1.54) is 79.6 Å². The van der Waals surface area contributed by atoms with Crippen molar-refractivity contribution in [2.75, 3.05) is 72.0 Å². The standard InChI is InChI=1S/C93H131N25O18S/c1-9-11-24-74-86(130)107-66(23-17-33-100-93(97)98)83(127)113-73(81(125)104-46-78(96)122)49-137-50-79(123)106-69(36-54-27-29-55(41-94)30-28-54)88(132)114(6)53(5)80(124)109-71(40-77(95)121)90(134)117-34-18-26-75(117)87(131)108-67(38-58-44-99-51-105-58)84(128)110-68(35-52(3)4)91(135)118-47-60(120)39-59(118)45-103-65(32-31-56-42-101-63-21-15-13-19-61(56)63)82(126)112-72(48-119)85(129)111-70(37-57-43-102-64-22-16-14-20-62(57)64)89(133)116(8)76(25-12-10-2)92(136)115(74)7/h13-16,19-22,27-30,42-44,51-53,59-60,65-76,101-103,119-120H,9-12,17-18,23-26,31-40,45-50H2,1-8H3,(H2,95,121)(H2,96,122)(H,99,105)(H,104,125)(H,106,123)(H,107,130)(H,108,131)(H,109,124)(H,110,128)(H,111,129)(H,112,126)(H,113,127)(H4,97,98,100)/t53-,59?,60+,65-,66-,67-,68-,69-,70-,71-,72-,73-,74-,75-,76-/m0/s1. The normalized spacial score (nSPS) is 24.6.